The van der Waals surface area contributed by atoms with E-state index in [2.05, 4.69) is 6.92 Å². The molecule has 0 fully saturated rings. The maximum absolute atomic E-state index is 7.00. The lowest BCUT2D eigenvalue weighted by molar-refractivity contribution is 0.557. The maximum atomic E-state index is 7.00. The fourth-order valence-corrected chi connectivity index (χ4v) is 1.61. The van der Waals surface area contributed by atoms with Gasteiger partial charge in [-0.2, -0.15) is 0 Å². The average Bonchev–Trinajstić information content (AvgIpc) is 2.16. The Morgan fingerprint density at radius 2 is 1.00 bits per heavy atom. The molecule has 79 valence electrons. The van der Waals surface area contributed by atoms with Crippen LogP contribution < -0.4 is 5.73 Å². The van der Waals surface area contributed by atoms with E-state index in [0.717, 1.165) is 6.42 Å². The van der Waals surface area contributed by atoms with Crippen LogP contribution in [-0.4, -0.2) is 6.54 Å². The van der Waals surface area contributed by atoms with Crippen LogP contribution in [-0.2, 0) is 0 Å². The van der Waals surface area contributed by atoms with Gasteiger partial charge in [-0.15, -0.1) is 0 Å². The zero-order chi connectivity index (χ0) is 9.78. The Kier molecular flexibility index (Phi) is 11.9. The molecule has 0 aromatic rings. The second-order valence-corrected chi connectivity index (χ2v) is 3.93. The minimum Gasteiger partial charge on any atom is -0.258 e. The van der Waals surface area contributed by atoms with Crippen LogP contribution in [0.15, 0.2) is 0 Å². The van der Waals surface area contributed by atoms with Crippen molar-refractivity contribution in [3.05, 3.63) is 0 Å². The Morgan fingerprint density at radius 3 is 1.38 bits per heavy atom. The lowest BCUT2D eigenvalue weighted by Crippen LogP contribution is -1.85. The Labute approximate surface area is 84.1 Å². The molecule has 0 saturated carbocycles. The first-order chi connectivity index (χ1) is 6.41. The largest absolute Gasteiger partial charge is 0.258 e. The molecule has 0 spiro atoms. The summed E-state index contributed by atoms with van der Waals surface area (Å²) in [4.78, 5) is 0. The Morgan fingerprint density at radius 1 is 0.615 bits per heavy atom. The highest BCUT2D eigenvalue weighted by Gasteiger charge is 1.91. The molecule has 0 heterocycles. The zero-order valence-corrected chi connectivity index (χ0v) is 9.28. The van der Waals surface area contributed by atoms with E-state index in [4.69, 9.17) is 5.73 Å². The van der Waals surface area contributed by atoms with E-state index in [1.807, 2.05) is 0 Å². The van der Waals surface area contributed by atoms with Crippen molar-refractivity contribution in [3.63, 3.8) is 0 Å². The third-order valence-electron chi connectivity index (χ3n) is 2.53. The molecule has 0 aliphatic carbocycles. The van der Waals surface area contributed by atoms with E-state index >= 15 is 0 Å². The molecule has 0 rings (SSSR count). The first-order valence-electron chi connectivity index (χ1n) is 6.06. The van der Waals surface area contributed by atoms with Gasteiger partial charge in [0.25, 0.3) is 0 Å². The standard InChI is InChI=1S/C12H26N/c1-2-3-4-5-6-7-8-9-10-11-12-13/h13H,2-12H2,1H3. The molecule has 0 unspecified atom stereocenters. The molecule has 0 aliphatic heterocycles. The van der Waals surface area contributed by atoms with Gasteiger partial charge in [0, 0.05) is 6.54 Å². The van der Waals surface area contributed by atoms with Crippen molar-refractivity contribution in [2.75, 3.05) is 6.54 Å². The van der Waals surface area contributed by atoms with E-state index in [0.29, 0.717) is 6.54 Å². The van der Waals surface area contributed by atoms with Crippen LogP contribution in [0.3, 0.4) is 0 Å². The van der Waals surface area contributed by atoms with Crippen LogP contribution >= 0.6 is 0 Å². The van der Waals surface area contributed by atoms with E-state index in [9.17, 15) is 0 Å². The summed E-state index contributed by atoms with van der Waals surface area (Å²) >= 11 is 0. The number of unbranched alkanes of at least 4 members (excludes halogenated alkanes) is 9. The predicted molar refractivity (Wildman–Crippen MR) is 59.8 cm³/mol. The zero-order valence-electron chi connectivity index (χ0n) is 9.28. The monoisotopic (exact) mass is 184 g/mol. The lowest BCUT2D eigenvalue weighted by Gasteiger charge is -2.00. The summed E-state index contributed by atoms with van der Waals surface area (Å²) < 4.78 is 0. The number of hydrogen-bond donors (Lipinski definition) is 0. The van der Waals surface area contributed by atoms with Gasteiger partial charge < -0.3 is 0 Å². The molecule has 0 aromatic carbocycles. The molecule has 0 aliphatic rings. The minimum absolute atomic E-state index is 0.622. The summed E-state index contributed by atoms with van der Waals surface area (Å²) in [6.07, 6.45) is 13.6. The fourth-order valence-electron chi connectivity index (χ4n) is 1.61. The van der Waals surface area contributed by atoms with E-state index in [1.54, 1.807) is 0 Å². The summed E-state index contributed by atoms with van der Waals surface area (Å²) in [5.41, 5.74) is 7.00. The maximum Gasteiger partial charge on any atom is 0.00997 e. The molecular formula is C12H26N. The van der Waals surface area contributed by atoms with Gasteiger partial charge in [-0.25, -0.2) is 0 Å². The first kappa shape index (κ1) is 13.0. The molecule has 0 atom stereocenters. The third-order valence-corrected chi connectivity index (χ3v) is 2.53. The molecule has 0 saturated heterocycles. The Balaban J connectivity index is 2.76. The second kappa shape index (κ2) is 12.0. The predicted octanol–water partition coefficient (Wildman–Crippen LogP) is 4.19. The summed E-state index contributed by atoms with van der Waals surface area (Å²) in [5.74, 6) is 0. The topological polar surface area (TPSA) is 23.8 Å². The van der Waals surface area contributed by atoms with Gasteiger partial charge in [0.2, 0.25) is 0 Å². The van der Waals surface area contributed by atoms with Crippen molar-refractivity contribution < 1.29 is 0 Å². The van der Waals surface area contributed by atoms with Crippen molar-refractivity contribution in [1.82, 2.24) is 5.73 Å². The van der Waals surface area contributed by atoms with Gasteiger partial charge in [-0.3, -0.25) is 5.73 Å². The van der Waals surface area contributed by atoms with Crippen LogP contribution in [0.4, 0.5) is 0 Å². The molecule has 1 heteroatoms. The van der Waals surface area contributed by atoms with Crippen molar-refractivity contribution in [2.45, 2.75) is 71.1 Å². The highest BCUT2D eigenvalue weighted by atomic mass is 14.5. The van der Waals surface area contributed by atoms with E-state index < -0.39 is 0 Å². The van der Waals surface area contributed by atoms with Crippen LogP contribution in [0, 0.1) is 0 Å². The quantitative estimate of drug-likeness (QED) is 0.455. The smallest absolute Gasteiger partial charge is 0.00997 e. The van der Waals surface area contributed by atoms with Crippen molar-refractivity contribution in [2.24, 2.45) is 0 Å². The SMILES string of the molecule is CCCCCCCCCCCC[NH]. The fraction of sp³-hybridized carbons (Fsp3) is 1.00. The molecule has 0 aromatic heterocycles. The second-order valence-electron chi connectivity index (χ2n) is 3.93. The summed E-state index contributed by atoms with van der Waals surface area (Å²) in [7, 11) is 0. The molecule has 1 radical (unpaired) electrons. The van der Waals surface area contributed by atoms with Gasteiger partial charge in [0.15, 0.2) is 0 Å². The average molecular weight is 184 g/mol. The molecule has 13 heavy (non-hydrogen) atoms. The number of hydrogen-bond acceptors (Lipinski definition) is 0. The van der Waals surface area contributed by atoms with E-state index in [1.165, 1.54) is 57.8 Å². The van der Waals surface area contributed by atoms with Gasteiger partial charge in [0.1, 0.15) is 0 Å². The van der Waals surface area contributed by atoms with Crippen LogP contribution in [0.1, 0.15) is 71.1 Å². The van der Waals surface area contributed by atoms with Crippen LogP contribution in [0.2, 0.25) is 0 Å². The van der Waals surface area contributed by atoms with Gasteiger partial charge in [0.05, 0.1) is 0 Å². The Bertz CT molecular complexity index is 71.2. The molecule has 0 bridgehead atoms. The van der Waals surface area contributed by atoms with Gasteiger partial charge >= 0.3 is 0 Å². The first-order valence-corrected chi connectivity index (χ1v) is 6.06. The third kappa shape index (κ3) is 12.0. The van der Waals surface area contributed by atoms with Crippen molar-refractivity contribution in [3.8, 4) is 0 Å². The van der Waals surface area contributed by atoms with E-state index in [-0.39, 0.29) is 0 Å². The highest BCUT2D eigenvalue weighted by Crippen LogP contribution is 2.09. The molecular weight excluding hydrogens is 158 g/mol. The molecule has 0 amide bonds. The van der Waals surface area contributed by atoms with Gasteiger partial charge in [-0.1, -0.05) is 64.7 Å². The van der Waals surface area contributed by atoms with Crippen molar-refractivity contribution in [1.29, 1.82) is 0 Å². The van der Waals surface area contributed by atoms with Gasteiger partial charge in [-0.05, 0) is 6.42 Å². The van der Waals surface area contributed by atoms with Crippen LogP contribution in [0.25, 0.3) is 0 Å². The minimum atomic E-state index is 0.622. The number of rotatable bonds is 10. The highest BCUT2D eigenvalue weighted by molar-refractivity contribution is 4.47. The summed E-state index contributed by atoms with van der Waals surface area (Å²) in [6, 6.07) is 0. The number of nitrogens with one attached hydrogen (secondary N) is 1. The molecule has 1 N–H and O–H groups in total. The normalized spacial score (nSPS) is 10.6. The Hall–Kier alpha value is -0.0400. The summed E-state index contributed by atoms with van der Waals surface area (Å²) in [6.45, 7) is 2.89. The summed E-state index contributed by atoms with van der Waals surface area (Å²) in [5, 5.41) is 0. The lowest BCUT2D eigenvalue weighted by atomic mass is 10.1. The van der Waals surface area contributed by atoms with Crippen molar-refractivity contribution >= 4 is 0 Å². The van der Waals surface area contributed by atoms with Crippen LogP contribution in [0.5, 0.6) is 0 Å². The molecule has 1 nitrogen and oxygen atoms in total.